The number of para-hydroxylation sites is 1. The summed E-state index contributed by atoms with van der Waals surface area (Å²) in [6.07, 6.45) is 0. The number of carbonyl (C=O) groups excluding carboxylic acids is 1. The van der Waals surface area contributed by atoms with Gasteiger partial charge in [-0.3, -0.25) is 9.36 Å². The van der Waals surface area contributed by atoms with Gasteiger partial charge in [0.1, 0.15) is 6.54 Å². The van der Waals surface area contributed by atoms with Crippen LogP contribution in [0.5, 0.6) is 0 Å². The van der Waals surface area contributed by atoms with Gasteiger partial charge < -0.3 is 5.32 Å². The largest absolute Gasteiger partial charge is 0.378 e. The molecule has 0 aliphatic carbocycles. The Labute approximate surface area is 198 Å². The minimum Gasteiger partial charge on any atom is -0.378 e. The van der Waals surface area contributed by atoms with Gasteiger partial charge in [-0.1, -0.05) is 63.9 Å². The Morgan fingerprint density at radius 3 is 2.48 bits per heavy atom. The Kier molecular flexibility index (Phi) is 6.65. The highest BCUT2D eigenvalue weighted by molar-refractivity contribution is 9.10. The summed E-state index contributed by atoms with van der Waals surface area (Å²) in [6.45, 7) is 0.475. The summed E-state index contributed by atoms with van der Waals surface area (Å²) in [5.74, 6) is 0.635. The van der Waals surface area contributed by atoms with Crippen molar-refractivity contribution in [1.29, 1.82) is 0 Å². The molecule has 0 unspecified atom stereocenters. The molecule has 0 bridgehead atoms. The van der Waals surface area contributed by atoms with E-state index < -0.39 is 0 Å². The van der Waals surface area contributed by atoms with Crippen molar-refractivity contribution in [2.75, 3.05) is 5.32 Å². The van der Waals surface area contributed by atoms with Gasteiger partial charge in [0, 0.05) is 26.4 Å². The lowest BCUT2D eigenvalue weighted by Crippen LogP contribution is -2.12. The normalized spacial score (nSPS) is 10.8. The number of halogens is 2. The second-order valence-electron chi connectivity index (χ2n) is 6.82. The number of hydrogen-bond donors (Lipinski definition) is 1. The zero-order valence-electron chi connectivity index (χ0n) is 16.3. The fraction of sp³-hybridized carbons (Fsp3) is 0.0870. The zero-order chi connectivity index (χ0) is 21.8. The van der Waals surface area contributed by atoms with Gasteiger partial charge in [0.15, 0.2) is 11.6 Å². The average Bonchev–Trinajstić information content (AvgIpc) is 3.08. The molecule has 0 aliphatic heterocycles. The number of rotatable bonds is 7. The monoisotopic (exact) mass is 512 g/mol. The number of benzene rings is 3. The van der Waals surface area contributed by atoms with Gasteiger partial charge in [-0.25, -0.2) is 4.68 Å². The Morgan fingerprint density at radius 1 is 1.03 bits per heavy atom. The van der Waals surface area contributed by atoms with Crippen LogP contribution in [0.15, 0.2) is 83.3 Å². The molecule has 8 heteroatoms. The number of Topliss-reactive ketones (excluding diaryl/α,β-unsaturated/α-hetero) is 1. The molecule has 0 fully saturated rings. The molecule has 5 nitrogen and oxygen atoms in total. The number of nitrogens with zero attached hydrogens (tertiary/aromatic N) is 3. The van der Waals surface area contributed by atoms with Crippen molar-refractivity contribution < 1.29 is 4.79 Å². The van der Waals surface area contributed by atoms with E-state index in [2.05, 4.69) is 26.3 Å². The molecular weight excluding hydrogens is 496 g/mol. The summed E-state index contributed by atoms with van der Waals surface area (Å²) in [5, 5.41) is 8.63. The van der Waals surface area contributed by atoms with Crippen LogP contribution < -0.4 is 5.32 Å². The maximum atomic E-state index is 12.8. The number of anilines is 1. The van der Waals surface area contributed by atoms with E-state index in [1.165, 1.54) is 0 Å². The van der Waals surface area contributed by atoms with Gasteiger partial charge >= 0.3 is 0 Å². The van der Waals surface area contributed by atoms with E-state index in [0.29, 0.717) is 27.7 Å². The first kappa shape index (κ1) is 21.5. The zero-order valence-corrected chi connectivity index (χ0v) is 19.5. The lowest BCUT2D eigenvalue weighted by Gasteiger charge is -2.09. The van der Waals surface area contributed by atoms with Crippen LogP contribution in [-0.2, 0) is 13.1 Å². The van der Waals surface area contributed by atoms with Crippen molar-refractivity contribution in [3.8, 4) is 5.69 Å². The lowest BCUT2D eigenvalue weighted by atomic mass is 10.1. The third-order valence-corrected chi connectivity index (χ3v) is 5.81. The molecule has 1 heterocycles. The molecule has 1 aromatic heterocycles. The van der Waals surface area contributed by atoms with E-state index in [4.69, 9.17) is 23.8 Å². The predicted octanol–water partition coefficient (Wildman–Crippen LogP) is 6.31. The molecule has 156 valence electrons. The maximum absolute atomic E-state index is 12.8. The minimum absolute atomic E-state index is 0.0596. The third-order valence-electron chi connectivity index (χ3n) is 4.66. The van der Waals surface area contributed by atoms with E-state index in [0.717, 1.165) is 15.8 Å². The molecule has 0 amide bonds. The number of nitrogens with one attached hydrogen (secondary N) is 1. The van der Waals surface area contributed by atoms with Gasteiger partial charge in [0.25, 0.3) is 0 Å². The highest BCUT2D eigenvalue weighted by Crippen LogP contribution is 2.18. The number of hydrogen-bond acceptors (Lipinski definition) is 4. The van der Waals surface area contributed by atoms with Crippen LogP contribution in [-0.4, -0.2) is 20.1 Å². The summed E-state index contributed by atoms with van der Waals surface area (Å²) < 4.78 is 4.83. The predicted molar refractivity (Wildman–Crippen MR) is 130 cm³/mol. The van der Waals surface area contributed by atoms with Crippen molar-refractivity contribution in [2.45, 2.75) is 13.1 Å². The van der Waals surface area contributed by atoms with E-state index in [1.807, 2.05) is 71.3 Å². The fourth-order valence-corrected chi connectivity index (χ4v) is 3.92. The lowest BCUT2D eigenvalue weighted by molar-refractivity contribution is 0.0967. The van der Waals surface area contributed by atoms with Gasteiger partial charge in [0.05, 0.1) is 6.54 Å². The van der Waals surface area contributed by atoms with Crippen molar-refractivity contribution in [3.63, 3.8) is 0 Å². The molecular formula is C23H18BrClN4OS. The number of aromatic nitrogens is 3. The van der Waals surface area contributed by atoms with Crippen molar-refractivity contribution in [3.05, 3.63) is 105 Å². The Bertz CT molecular complexity index is 1270. The first-order chi connectivity index (χ1) is 15.0. The molecule has 0 saturated heterocycles. The van der Waals surface area contributed by atoms with Crippen molar-refractivity contribution >= 4 is 51.2 Å². The van der Waals surface area contributed by atoms with E-state index in [9.17, 15) is 4.79 Å². The minimum atomic E-state index is -0.0596. The average molecular weight is 514 g/mol. The molecule has 4 rings (SSSR count). The Hall–Kier alpha value is -2.74. The van der Waals surface area contributed by atoms with E-state index >= 15 is 0 Å². The van der Waals surface area contributed by atoms with Crippen LogP contribution >= 0.6 is 39.7 Å². The molecule has 31 heavy (non-hydrogen) atoms. The van der Waals surface area contributed by atoms with Gasteiger partial charge in [-0.05, 0) is 54.7 Å². The first-order valence-corrected chi connectivity index (χ1v) is 11.1. The van der Waals surface area contributed by atoms with Gasteiger partial charge in [-0.2, -0.15) is 5.10 Å². The summed E-state index contributed by atoms with van der Waals surface area (Å²) >= 11 is 15.2. The molecule has 0 atom stereocenters. The summed E-state index contributed by atoms with van der Waals surface area (Å²) in [6, 6.07) is 24.5. The summed E-state index contributed by atoms with van der Waals surface area (Å²) in [7, 11) is 0. The molecule has 0 aliphatic rings. The first-order valence-electron chi connectivity index (χ1n) is 9.53. The van der Waals surface area contributed by atoms with Gasteiger partial charge in [0.2, 0.25) is 4.77 Å². The van der Waals surface area contributed by atoms with Crippen LogP contribution in [0, 0.1) is 4.77 Å². The third kappa shape index (κ3) is 5.12. The topological polar surface area (TPSA) is 51.9 Å². The number of ketones is 1. The summed E-state index contributed by atoms with van der Waals surface area (Å²) in [4.78, 5) is 12.8. The van der Waals surface area contributed by atoms with Crippen LogP contribution in [0.1, 0.15) is 16.2 Å². The van der Waals surface area contributed by atoms with Crippen LogP contribution in [0.2, 0.25) is 5.02 Å². The maximum Gasteiger partial charge on any atom is 0.203 e. The van der Waals surface area contributed by atoms with Crippen molar-refractivity contribution in [1.82, 2.24) is 14.3 Å². The van der Waals surface area contributed by atoms with Crippen molar-refractivity contribution in [2.24, 2.45) is 0 Å². The molecule has 1 N–H and O–H groups in total. The molecule has 3 aromatic carbocycles. The van der Waals surface area contributed by atoms with Crippen LogP contribution in [0.4, 0.5) is 5.69 Å². The quantitative estimate of drug-likeness (QED) is 0.232. The molecule has 0 radical (unpaired) electrons. The molecule has 0 spiro atoms. The standard InChI is InChI=1S/C23H18BrClN4OS/c24-17-11-9-16(10-12-17)21(30)15-28-23(31)29(20-7-2-1-3-8-20)22(27-28)14-26-19-6-4-5-18(25)13-19/h1-13,26H,14-15H2. The number of carbonyl (C=O) groups is 1. The second kappa shape index (κ2) is 9.60. The molecule has 0 saturated carbocycles. The molecule has 4 aromatic rings. The fourth-order valence-electron chi connectivity index (χ4n) is 3.15. The van der Waals surface area contributed by atoms with Gasteiger partial charge in [-0.15, -0.1) is 0 Å². The Balaban J connectivity index is 1.65. The van der Waals surface area contributed by atoms with Crippen LogP contribution in [0.3, 0.4) is 0 Å². The SMILES string of the molecule is O=C(Cn1nc(CNc2cccc(Cl)c2)n(-c2ccccc2)c1=S)c1ccc(Br)cc1. The highest BCUT2D eigenvalue weighted by atomic mass is 79.9. The second-order valence-corrected chi connectivity index (χ2v) is 8.54. The summed E-state index contributed by atoms with van der Waals surface area (Å²) in [5.41, 5.74) is 2.37. The highest BCUT2D eigenvalue weighted by Gasteiger charge is 2.15. The smallest absolute Gasteiger partial charge is 0.203 e. The van der Waals surface area contributed by atoms with E-state index in [-0.39, 0.29) is 12.3 Å². The van der Waals surface area contributed by atoms with Crippen LogP contribution in [0.25, 0.3) is 5.69 Å². The Morgan fingerprint density at radius 2 is 1.77 bits per heavy atom. The van der Waals surface area contributed by atoms with E-state index in [1.54, 1.807) is 16.8 Å².